The first kappa shape index (κ1) is 19.1. The molecule has 1 aliphatic heterocycles. The summed E-state index contributed by atoms with van der Waals surface area (Å²) in [6.07, 6.45) is 7.75. The number of amides is 1. The van der Waals surface area contributed by atoms with Crippen LogP contribution < -0.4 is 0 Å². The molecule has 128 valence electrons. The fourth-order valence-corrected chi connectivity index (χ4v) is 3.05. The molecule has 0 aromatic rings. The lowest BCUT2D eigenvalue weighted by atomic mass is 10.1. The number of ether oxygens (including phenoxy) is 1. The Morgan fingerprint density at radius 3 is 2.27 bits per heavy atom. The van der Waals surface area contributed by atoms with E-state index in [2.05, 4.69) is 0 Å². The molecule has 1 saturated heterocycles. The van der Waals surface area contributed by atoms with Crippen molar-refractivity contribution < 1.29 is 19.4 Å². The van der Waals surface area contributed by atoms with E-state index in [-0.39, 0.29) is 17.7 Å². The number of nitrogens with zero attached hydrogens (tertiary/aromatic N) is 1. The fourth-order valence-electron chi connectivity index (χ4n) is 3.05. The van der Waals surface area contributed by atoms with Crippen LogP contribution in [-0.4, -0.2) is 54.1 Å². The molecular weight excluding hydrogens is 282 g/mol. The van der Waals surface area contributed by atoms with E-state index in [1.165, 1.54) is 0 Å². The second kappa shape index (κ2) is 10.7. The second-order valence-electron chi connectivity index (χ2n) is 6.37. The smallest absolute Gasteiger partial charge is 0.222 e. The molecule has 0 spiro atoms. The van der Waals surface area contributed by atoms with Crippen LogP contribution >= 0.6 is 0 Å². The number of rotatable bonds is 11. The number of ketones is 1. The van der Waals surface area contributed by atoms with E-state index in [9.17, 15) is 14.7 Å². The summed E-state index contributed by atoms with van der Waals surface area (Å²) in [6.45, 7) is 2.58. The van der Waals surface area contributed by atoms with Gasteiger partial charge in [-0.2, -0.15) is 0 Å². The van der Waals surface area contributed by atoms with E-state index in [1.54, 1.807) is 18.9 Å². The predicted octanol–water partition coefficient (Wildman–Crippen LogP) is 2.30. The van der Waals surface area contributed by atoms with Gasteiger partial charge in [0.05, 0.1) is 18.8 Å². The first-order valence-electron chi connectivity index (χ1n) is 8.50. The number of Topliss-reactive ketones (excluding diaryl/α,β-unsaturated/α-hetero) is 1. The van der Waals surface area contributed by atoms with Crippen LogP contribution in [0.15, 0.2) is 0 Å². The molecule has 0 aromatic heterocycles. The molecule has 5 heteroatoms. The Morgan fingerprint density at radius 1 is 1.09 bits per heavy atom. The third kappa shape index (κ3) is 7.36. The molecule has 0 radical (unpaired) electrons. The Balaban J connectivity index is 2.09. The van der Waals surface area contributed by atoms with Crippen LogP contribution in [0.2, 0.25) is 0 Å². The molecule has 0 unspecified atom stereocenters. The van der Waals surface area contributed by atoms with Crippen molar-refractivity contribution in [2.45, 2.75) is 76.9 Å². The molecule has 0 aliphatic carbocycles. The average Bonchev–Trinajstić information content (AvgIpc) is 2.82. The number of carbonyl (C=O) groups excluding carboxylic acids is 2. The second-order valence-corrected chi connectivity index (χ2v) is 6.37. The molecule has 0 aromatic carbocycles. The zero-order chi connectivity index (χ0) is 16.4. The van der Waals surface area contributed by atoms with Gasteiger partial charge in [-0.1, -0.05) is 25.7 Å². The third-order valence-electron chi connectivity index (χ3n) is 4.24. The van der Waals surface area contributed by atoms with Crippen molar-refractivity contribution in [3.63, 3.8) is 0 Å². The molecule has 0 bridgehead atoms. The van der Waals surface area contributed by atoms with Crippen molar-refractivity contribution in [2.24, 2.45) is 0 Å². The summed E-state index contributed by atoms with van der Waals surface area (Å²) in [5.74, 6) is 0.402. The van der Waals surface area contributed by atoms with Crippen molar-refractivity contribution in [1.82, 2.24) is 4.90 Å². The van der Waals surface area contributed by atoms with E-state index >= 15 is 0 Å². The Bertz CT molecular complexity index is 346. The van der Waals surface area contributed by atoms with Gasteiger partial charge in [0.15, 0.2) is 0 Å². The van der Waals surface area contributed by atoms with Gasteiger partial charge in [0.2, 0.25) is 5.91 Å². The number of likely N-dealkylation sites (tertiary alicyclic amines) is 1. The lowest BCUT2D eigenvalue weighted by Gasteiger charge is -2.23. The van der Waals surface area contributed by atoms with Crippen molar-refractivity contribution in [3.05, 3.63) is 0 Å². The number of carbonyl (C=O) groups is 2. The highest BCUT2D eigenvalue weighted by Crippen LogP contribution is 2.20. The van der Waals surface area contributed by atoms with E-state index in [4.69, 9.17) is 4.74 Å². The zero-order valence-electron chi connectivity index (χ0n) is 14.1. The SMILES string of the molecule is COC[C@@H]1C[C@@H](O)CN1C(=O)CCCCCCCCC(C)=O. The number of methoxy groups -OCH3 is 1. The molecule has 22 heavy (non-hydrogen) atoms. The van der Waals surface area contributed by atoms with Gasteiger partial charge >= 0.3 is 0 Å². The van der Waals surface area contributed by atoms with Gasteiger partial charge in [-0.05, 0) is 26.2 Å². The van der Waals surface area contributed by atoms with E-state index in [1.807, 2.05) is 0 Å². The van der Waals surface area contributed by atoms with Gasteiger partial charge in [0, 0.05) is 26.5 Å². The zero-order valence-corrected chi connectivity index (χ0v) is 14.1. The molecule has 2 atom stereocenters. The topological polar surface area (TPSA) is 66.8 Å². The number of hydrogen-bond donors (Lipinski definition) is 1. The molecule has 1 aliphatic rings. The standard InChI is InChI=1S/C17H31NO4/c1-14(19)9-7-5-3-4-6-8-10-17(21)18-12-16(20)11-15(18)13-22-2/h15-16,20H,3-13H2,1-2H3/t15-,16+/m0/s1. The Kier molecular flexibility index (Phi) is 9.32. The molecule has 1 N–H and O–H groups in total. The van der Waals surface area contributed by atoms with Crippen LogP contribution in [0.5, 0.6) is 0 Å². The number of unbranched alkanes of at least 4 members (excludes halogenated alkanes) is 5. The van der Waals surface area contributed by atoms with Crippen molar-refractivity contribution in [2.75, 3.05) is 20.3 Å². The molecular formula is C17H31NO4. The number of hydrogen-bond acceptors (Lipinski definition) is 4. The van der Waals surface area contributed by atoms with E-state index < -0.39 is 6.10 Å². The van der Waals surface area contributed by atoms with Gasteiger partial charge in [-0.3, -0.25) is 4.79 Å². The minimum atomic E-state index is -0.412. The van der Waals surface area contributed by atoms with E-state index in [0.717, 1.165) is 38.5 Å². The van der Waals surface area contributed by atoms with Crippen LogP contribution in [0, 0.1) is 0 Å². The maximum absolute atomic E-state index is 12.2. The third-order valence-corrected chi connectivity index (χ3v) is 4.24. The predicted molar refractivity (Wildman–Crippen MR) is 85.6 cm³/mol. The van der Waals surface area contributed by atoms with Crippen molar-refractivity contribution >= 4 is 11.7 Å². The van der Waals surface area contributed by atoms with Gasteiger partial charge in [0.1, 0.15) is 5.78 Å². The summed E-state index contributed by atoms with van der Waals surface area (Å²) in [7, 11) is 1.62. The summed E-state index contributed by atoms with van der Waals surface area (Å²) < 4.78 is 5.12. The van der Waals surface area contributed by atoms with Gasteiger partial charge in [0.25, 0.3) is 0 Å². The van der Waals surface area contributed by atoms with Crippen LogP contribution in [0.1, 0.15) is 64.7 Å². The average molecular weight is 313 g/mol. The lowest BCUT2D eigenvalue weighted by molar-refractivity contribution is -0.133. The van der Waals surface area contributed by atoms with Gasteiger partial charge in [-0.15, -0.1) is 0 Å². The van der Waals surface area contributed by atoms with Crippen LogP contribution in [0.25, 0.3) is 0 Å². The lowest BCUT2D eigenvalue weighted by Crippen LogP contribution is -2.38. The number of aliphatic hydroxyl groups is 1. The summed E-state index contributed by atoms with van der Waals surface area (Å²) >= 11 is 0. The van der Waals surface area contributed by atoms with Crippen LogP contribution in [-0.2, 0) is 14.3 Å². The molecule has 0 saturated carbocycles. The maximum Gasteiger partial charge on any atom is 0.222 e. The maximum atomic E-state index is 12.2. The quantitative estimate of drug-likeness (QED) is 0.594. The summed E-state index contributed by atoms with van der Waals surface area (Å²) in [6, 6.07) is 0.0269. The van der Waals surface area contributed by atoms with Crippen LogP contribution in [0.3, 0.4) is 0 Å². The molecule has 1 fully saturated rings. The van der Waals surface area contributed by atoms with Crippen LogP contribution in [0.4, 0.5) is 0 Å². The number of β-amino-alcohol motifs (C(OH)–C–C–N with tert-alkyl or cyclic N) is 1. The minimum Gasteiger partial charge on any atom is -0.391 e. The first-order chi connectivity index (χ1) is 10.5. The Labute approximate surface area is 134 Å². The fraction of sp³-hybridized carbons (Fsp3) is 0.882. The normalized spacial score (nSPS) is 21.3. The largest absolute Gasteiger partial charge is 0.391 e. The van der Waals surface area contributed by atoms with E-state index in [0.29, 0.717) is 32.4 Å². The van der Waals surface area contributed by atoms with Crippen molar-refractivity contribution in [3.8, 4) is 0 Å². The Hall–Kier alpha value is -0.940. The molecule has 5 nitrogen and oxygen atoms in total. The molecule has 1 amide bonds. The summed E-state index contributed by atoms with van der Waals surface area (Å²) in [5, 5.41) is 9.70. The molecule has 1 heterocycles. The van der Waals surface area contributed by atoms with Gasteiger partial charge in [-0.25, -0.2) is 0 Å². The number of aliphatic hydroxyl groups excluding tert-OH is 1. The molecule has 1 rings (SSSR count). The highest BCUT2D eigenvalue weighted by molar-refractivity contribution is 5.77. The van der Waals surface area contributed by atoms with Crippen molar-refractivity contribution in [1.29, 1.82) is 0 Å². The summed E-state index contributed by atoms with van der Waals surface area (Å²) in [5.41, 5.74) is 0. The first-order valence-corrected chi connectivity index (χ1v) is 8.50. The highest BCUT2D eigenvalue weighted by Gasteiger charge is 2.33. The minimum absolute atomic E-state index is 0.0269. The van der Waals surface area contributed by atoms with Gasteiger partial charge < -0.3 is 19.5 Å². The Morgan fingerprint density at radius 2 is 1.68 bits per heavy atom. The summed E-state index contributed by atoms with van der Waals surface area (Å²) in [4.78, 5) is 24.8. The monoisotopic (exact) mass is 313 g/mol. The highest BCUT2D eigenvalue weighted by atomic mass is 16.5.